The van der Waals surface area contributed by atoms with Crippen LogP contribution in [0, 0.1) is 11.8 Å². The first-order valence-electron chi connectivity index (χ1n) is 7.04. The van der Waals surface area contributed by atoms with Gasteiger partial charge in [0.15, 0.2) is 5.78 Å². The molecule has 102 valence electrons. The fraction of sp³-hybridized carbons (Fsp3) is 0.278. The Kier molecular flexibility index (Phi) is 3.75. The largest absolute Gasteiger partial charge is 0.289 e. The maximum Gasteiger partial charge on any atom is 0.185 e. The van der Waals surface area contributed by atoms with E-state index in [2.05, 4.69) is 28.9 Å². The third-order valence-corrected chi connectivity index (χ3v) is 4.69. The zero-order chi connectivity index (χ0) is 14.1. The zero-order valence-electron chi connectivity index (χ0n) is 11.5. The summed E-state index contributed by atoms with van der Waals surface area (Å²) in [4.78, 5) is 12.6. The summed E-state index contributed by atoms with van der Waals surface area (Å²) in [6.45, 7) is 2.20. The summed E-state index contributed by atoms with van der Waals surface area (Å²) in [5, 5.41) is 0. The minimum atomic E-state index is 0.234. The van der Waals surface area contributed by atoms with Crippen LogP contribution in [0.5, 0.6) is 0 Å². The van der Waals surface area contributed by atoms with Gasteiger partial charge in [-0.3, -0.25) is 4.79 Å². The smallest absolute Gasteiger partial charge is 0.185 e. The van der Waals surface area contributed by atoms with Crippen LogP contribution in [0.1, 0.15) is 25.3 Å². The Labute approximate surface area is 128 Å². The molecule has 0 aromatic heterocycles. The molecule has 2 unspecified atom stereocenters. The highest BCUT2D eigenvalue weighted by atomic mass is 79.9. The van der Waals surface area contributed by atoms with Crippen molar-refractivity contribution < 1.29 is 4.79 Å². The molecule has 0 amide bonds. The molecule has 1 nitrogen and oxygen atoms in total. The van der Waals surface area contributed by atoms with Crippen molar-refractivity contribution in [3.05, 3.63) is 63.7 Å². The standard InChI is InChI=1S/C18H17BrO/c1-12-4-2-7-17-16(12)9-8-14(18(17)20)10-13-5-3-6-15(19)11-13/h2-7,10-12,16H,8-9H2,1H3/b14-10+. The number of carbonyl (C=O) groups excluding carboxylic acids is 1. The predicted octanol–water partition coefficient (Wildman–Crippen LogP) is 4.94. The van der Waals surface area contributed by atoms with Crippen LogP contribution in [-0.2, 0) is 4.79 Å². The molecule has 0 aliphatic heterocycles. The second-order valence-corrected chi connectivity index (χ2v) is 6.48. The van der Waals surface area contributed by atoms with Crippen molar-refractivity contribution in [2.45, 2.75) is 19.8 Å². The Morgan fingerprint density at radius 1 is 1.35 bits per heavy atom. The van der Waals surface area contributed by atoms with Crippen molar-refractivity contribution in [1.82, 2.24) is 0 Å². The molecule has 2 heteroatoms. The Bertz CT molecular complexity index is 637. The van der Waals surface area contributed by atoms with Crippen LogP contribution in [0.25, 0.3) is 6.08 Å². The van der Waals surface area contributed by atoms with E-state index in [1.54, 1.807) is 0 Å². The van der Waals surface area contributed by atoms with E-state index in [4.69, 9.17) is 0 Å². The van der Waals surface area contributed by atoms with Gasteiger partial charge in [0.25, 0.3) is 0 Å². The number of carbonyl (C=O) groups is 1. The van der Waals surface area contributed by atoms with Gasteiger partial charge < -0.3 is 0 Å². The molecule has 1 saturated carbocycles. The van der Waals surface area contributed by atoms with E-state index in [9.17, 15) is 4.79 Å². The van der Waals surface area contributed by atoms with Gasteiger partial charge in [-0.05, 0) is 48.4 Å². The summed E-state index contributed by atoms with van der Waals surface area (Å²) in [6.07, 6.45) is 10.2. The molecule has 1 aromatic rings. The summed E-state index contributed by atoms with van der Waals surface area (Å²) < 4.78 is 1.04. The molecule has 0 heterocycles. The molecular weight excluding hydrogens is 312 g/mol. The number of hydrogen-bond donors (Lipinski definition) is 0. The van der Waals surface area contributed by atoms with Crippen molar-refractivity contribution in [2.75, 3.05) is 0 Å². The van der Waals surface area contributed by atoms with Crippen LogP contribution in [0.2, 0.25) is 0 Å². The zero-order valence-corrected chi connectivity index (χ0v) is 13.1. The number of allylic oxidation sites excluding steroid dienone is 5. The normalized spacial score (nSPS) is 27.4. The van der Waals surface area contributed by atoms with Crippen LogP contribution in [-0.4, -0.2) is 5.78 Å². The number of halogens is 1. The quantitative estimate of drug-likeness (QED) is 0.667. The SMILES string of the molecule is CC1C=CC=C2C(=O)/C(=C/c3cccc(Br)c3)CCC21. The average Bonchev–Trinajstić information content (AvgIpc) is 2.43. The summed E-state index contributed by atoms with van der Waals surface area (Å²) in [5.41, 5.74) is 3.02. The fourth-order valence-electron chi connectivity index (χ4n) is 3.08. The maximum atomic E-state index is 12.6. The molecule has 1 aromatic carbocycles. The Hall–Kier alpha value is -1.41. The lowest BCUT2D eigenvalue weighted by Crippen LogP contribution is -2.26. The van der Waals surface area contributed by atoms with Crippen molar-refractivity contribution in [3.8, 4) is 0 Å². The first-order valence-corrected chi connectivity index (χ1v) is 7.83. The van der Waals surface area contributed by atoms with Crippen molar-refractivity contribution >= 4 is 27.8 Å². The monoisotopic (exact) mass is 328 g/mol. The third-order valence-electron chi connectivity index (χ3n) is 4.19. The van der Waals surface area contributed by atoms with Crippen LogP contribution in [0.4, 0.5) is 0 Å². The van der Waals surface area contributed by atoms with Crippen molar-refractivity contribution in [1.29, 1.82) is 0 Å². The third kappa shape index (κ3) is 2.57. The predicted molar refractivity (Wildman–Crippen MR) is 86.2 cm³/mol. The van der Waals surface area contributed by atoms with E-state index in [0.717, 1.165) is 34.0 Å². The molecule has 0 spiro atoms. The Morgan fingerprint density at radius 3 is 3.00 bits per heavy atom. The van der Waals surface area contributed by atoms with Gasteiger partial charge in [-0.15, -0.1) is 0 Å². The topological polar surface area (TPSA) is 17.1 Å². The van der Waals surface area contributed by atoms with Gasteiger partial charge in [-0.2, -0.15) is 0 Å². The van der Waals surface area contributed by atoms with E-state index in [1.807, 2.05) is 42.5 Å². The lowest BCUT2D eigenvalue weighted by Gasteiger charge is -2.31. The van der Waals surface area contributed by atoms with E-state index in [-0.39, 0.29) is 5.78 Å². The first-order chi connectivity index (χ1) is 9.65. The van der Waals surface area contributed by atoms with E-state index >= 15 is 0 Å². The minimum absolute atomic E-state index is 0.234. The van der Waals surface area contributed by atoms with Gasteiger partial charge in [-0.25, -0.2) is 0 Å². The van der Waals surface area contributed by atoms with Crippen molar-refractivity contribution in [3.63, 3.8) is 0 Å². The number of Topliss-reactive ketones (excluding diaryl/α,β-unsaturated/α-hetero) is 1. The van der Waals surface area contributed by atoms with Crippen LogP contribution in [0.15, 0.2) is 58.1 Å². The molecule has 20 heavy (non-hydrogen) atoms. The number of ketones is 1. The molecule has 2 aliphatic carbocycles. The molecule has 0 radical (unpaired) electrons. The van der Waals surface area contributed by atoms with Crippen molar-refractivity contribution in [2.24, 2.45) is 11.8 Å². The van der Waals surface area contributed by atoms with E-state index in [1.165, 1.54) is 0 Å². The van der Waals surface area contributed by atoms with Gasteiger partial charge in [0.2, 0.25) is 0 Å². The summed E-state index contributed by atoms with van der Waals surface area (Å²) in [6, 6.07) is 8.08. The average molecular weight is 329 g/mol. The highest BCUT2D eigenvalue weighted by molar-refractivity contribution is 9.10. The molecule has 1 fully saturated rings. The number of hydrogen-bond acceptors (Lipinski definition) is 1. The minimum Gasteiger partial charge on any atom is -0.289 e. The Morgan fingerprint density at radius 2 is 2.20 bits per heavy atom. The second kappa shape index (κ2) is 5.53. The highest BCUT2D eigenvalue weighted by Gasteiger charge is 2.32. The lowest BCUT2D eigenvalue weighted by atomic mass is 9.72. The Balaban J connectivity index is 1.92. The maximum absolute atomic E-state index is 12.6. The first kappa shape index (κ1) is 13.6. The van der Waals surface area contributed by atoms with Crippen LogP contribution >= 0.6 is 15.9 Å². The molecule has 2 aliphatic rings. The molecule has 0 bridgehead atoms. The summed E-state index contributed by atoms with van der Waals surface area (Å²) in [7, 11) is 0. The van der Waals surface area contributed by atoms with E-state index < -0.39 is 0 Å². The highest BCUT2D eigenvalue weighted by Crippen LogP contribution is 2.38. The van der Waals surface area contributed by atoms with E-state index in [0.29, 0.717) is 11.8 Å². The number of benzene rings is 1. The van der Waals surface area contributed by atoms with Gasteiger partial charge in [0.05, 0.1) is 0 Å². The van der Waals surface area contributed by atoms with Gasteiger partial charge in [0, 0.05) is 15.6 Å². The molecular formula is C18H17BrO. The second-order valence-electron chi connectivity index (χ2n) is 5.56. The molecule has 0 N–H and O–H groups in total. The summed E-state index contributed by atoms with van der Waals surface area (Å²) >= 11 is 3.47. The fourth-order valence-corrected chi connectivity index (χ4v) is 3.50. The van der Waals surface area contributed by atoms with Gasteiger partial charge >= 0.3 is 0 Å². The summed E-state index contributed by atoms with van der Waals surface area (Å²) in [5.74, 6) is 1.12. The molecule has 3 rings (SSSR count). The van der Waals surface area contributed by atoms with Crippen LogP contribution < -0.4 is 0 Å². The lowest BCUT2D eigenvalue weighted by molar-refractivity contribution is -0.113. The van der Waals surface area contributed by atoms with Gasteiger partial charge in [0.1, 0.15) is 0 Å². The van der Waals surface area contributed by atoms with Gasteiger partial charge in [-0.1, -0.05) is 53.2 Å². The molecule has 2 atom stereocenters. The number of fused-ring (bicyclic) bond motifs is 1. The molecule has 0 saturated heterocycles. The number of rotatable bonds is 1. The van der Waals surface area contributed by atoms with Crippen LogP contribution in [0.3, 0.4) is 0 Å².